The van der Waals surface area contributed by atoms with E-state index in [2.05, 4.69) is 15.0 Å². The highest BCUT2D eigenvalue weighted by Crippen LogP contribution is 2.24. The molecule has 0 spiro atoms. The van der Waals surface area contributed by atoms with Gasteiger partial charge in [0.2, 0.25) is 5.91 Å². The summed E-state index contributed by atoms with van der Waals surface area (Å²) in [6, 6.07) is 11.7. The van der Waals surface area contributed by atoms with Crippen molar-refractivity contribution in [1.29, 1.82) is 0 Å². The predicted molar refractivity (Wildman–Crippen MR) is 94.5 cm³/mol. The molecule has 1 amide bonds. The fraction of sp³-hybridized carbons (Fsp3) is 0.222. The second kappa shape index (κ2) is 7.31. The van der Waals surface area contributed by atoms with Crippen LogP contribution in [-0.4, -0.2) is 32.8 Å². The third-order valence-corrected chi connectivity index (χ3v) is 4.85. The standard InChI is InChI=1S/C18H18N4OS/c1-13(16-8-9-19-12-20-16)22(2)17(23)10-15-11-24-18(21-15)14-6-4-3-5-7-14/h3-9,11-13H,10H2,1-2H3. The lowest BCUT2D eigenvalue weighted by Crippen LogP contribution is -2.31. The predicted octanol–water partition coefficient (Wildman–Crippen LogP) is 3.36. The van der Waals surface area contributed by atoms with Gasteiger partial charge in [0.15, 0.2) is 0 Å². The quantitative estimate of drug-likeness (QED) is 0.716. The number of hydrogen-bond acceptors (Lipinski definition) is 5. The molecule has 0 saturated carbocycles. The van der Waals surface area contributed by atoms with E-state index in [9.17, 15) is 4.79 Å². The second-order valence-corrected chi connectivity index (χ2v) is 6.36. The van der Waals surface area contributed by atoms with Gasteiger partial charge in [-0.1, -0.05) is 30.3 Å². The van der Waals surface area contributed by atoms with Crippen LogP contribution in [0.2, 0.25) is 0 Å². The first-order chi connectivity index (χ1) is 11.6. The number of thiazole rings is 1. The van der Waals surface area contributed by atoms with E-state index in [1.54, 1.807) is 29.5 Å². The molecule has 0 radical (unpaired) electrons. The molecule has 3 aromatic rings. The fourth-order valence-electron chi connectivity index (χ4n) is 2.34. The van der Waals surface area contributed by atoms with Crippen molar-refractivity contribution >= 4 is 17.2 Å². The highest BCUT2D eigenvalue weighted by Gasteiger charge is 2.19. The summed E-state index contributed by atoms with van der Waals surface area (Å²) in [6.45, 7) is 1.96. The number of hydrogen-bond donors (Lipinski definition) is 0. The number of benzene rings is 1. The Labute approximate surface area is 145 Å². The first-order valence-corrected chi connectivity index (χ1v) is 8.54. The van der Waals surface area contributed by atoms with Crippen LogP contribution in [-0.2, 0) is 11.2 Å². The number of likely N-dealkylation sites (N-methyl/N-ethyl adjacent to an activating group) is 1. The minimum absolute atomic E-state index is 0.0195. The maximum absolute atomic E-state index is 12.5. The van der Waals surface area contributed by atoms with E-state index >= 15 is 0 Å². The lowest BCUT2D eigenvalue weighted by atomic mass is 10.2. The zero-order valence-electron chi connectivity index (χ0n) is 13.6. The van der Waals surface area contributed by atoms with Gasteiger partial charge in [0.25, 0.3) is 0 Å². The van der Waals surface area contributed by atoms with Crippen molar-refractivity contribution < 1.29 is 4.79 Å². The van der Waals surface area contributed by atoms with Crippen LogP contribution >= 0.6 is 11.3 Å². The van der Waals surface area contributed by atoms with Gasteiger partial charge in [-0.15, -0.1) is 11.3 Å². The molecule has 0 N–H and O–H groups in total. The van der Waals surface area contributed by atoms with E-state index in [4.69, 9.17) is 0 Å². The maximum atomic E-state index is 12.5. The highest BCUT2D eigenvalue weighted by molar-refractivity contribution is 7.13. The first-order valence-electron chi connectivity index (χ1n) is 7.66. The molecule has 1 atom stereocenters. The van der Waals surface area contributed by atoms with Crippen LogP contribution in [0.4, 0.5) is 0 Å². The van der Waals surface area contributed by atoms with E-state index in [0.717, 1.165) is 22.0 Å². The summed E-state index contributed by atoms with van der Waals surface area (Å²) in [4.78, 5) is 26.9. The van der Waals surface area contributed by atoms with Crippen molar-refractivity contribution in [2.45, 2.75) is 19.4 Å². The molecular weight excluding hydrogens is 320 g/mol. The SMILES string of the molecule is CC(c1ccncn1)N(C)C(=O)Cc1csc(-c2ccccc2)n1. The number of carbonyl (C=O) groups is 1. The van der Waals surface area contributed by atoms with Crippen molar-refractivity contribution in [3.8, 4) is 10.6 Å². The van der Waals surface area contributed by atoms with Crippen LogP contribution in [0, 0.1) is 0 Å². The average molecular weight is 338 g/mol. The molecule has 3 rings (SSSR count). The van der Waals surface area contributed by atoms with E-state index in [-0.39, 0.29) is 18.4 Å². The van der Waals surface area contributed by atoms with Crippen molar-refractivity contribution in [2.24, 2.45) is 0 Å². The van der Waals surface area contributed by atoms with E-state index in [1.165, 1.54) is 6.33 Å². The van der Waals surface area contributed by atoms with E-state index in [0.29, 0.717) is 0 Å². The molecule has 0 aliphatic rings. The van der Waals surface area contributed by atoms with Crippen LogP contribution in [0.5, 0.6) is 0 Å². The Kier molecular flexibility index (Phi) is 4.96. The van der Waals surface area contributed by atoms with E-state index in [1.807, 2.05) is 48.7 Å². The van der Waals surface area contributed by atoms with E-state index < -0.39 is 0 Å². The monoisotopic (exact) mass is 338 g/mol. The molecule has 0 saturated heterocycles. The Morgan fingerprint density at radius 1 is 1.25 bits per heavy atom. The number of amides is 1. The van der Waals surface area contributed by atoms with Gasteiger partial charge in [0.1, 0.15) is 11.3 Å². The number of rotatable bonds is 5. The van der Waals surface area contributed by atoms with Gasteiger partial charge in [0, 0.05) is 24.2 Å². The fourth-order valence-corrected chi connectivity index (χ4v) is 3.17. The van der Waals surface area contributed by atoms with Crippen LogP contribution in [0.15, 0.2) is 54.3 Å². The van der Waals surface area contributed by atoms with Crippen LogP contribution < -0.4 is 0 Å². The molecule has 6 heteroatoms. The number of nitrogens with zero attached hydrogens (tertiary/aromatic N) is 4. The zero-order chi connectivity index (χ0) is 16.9. The summed E-state index contributed by atoms with van der Waals surface area (Å²) in [7, 11) is 1.79. The molecule has 1 unspecified atom stereocenters. The van der Waals surface area contributed by atoms with Gasteiger partial charge in [-0.05, 0) is 13.0 Å². The summed E-state index contributed by atoms with van der Waals surface area (Å²) in [6.07, 6.45) is 3.47. The number of aromatic nitrogens is 3. The lowest BCUT2D eigenvalue weighted by molar-refractivity contribution is -0.131. The molecular formula is C18H18N4OS. The minimum Gasteiger partial charge on any atom is -0.337 e. The van der Waals surface area contributed by atoms with Crippen molar-refractivity contribution in [2.75, 3.05) is 7.05 Å². The van der Waals surface area contributed by atoms with Gasteiger partial charge in [-0.2, -0.15) is 0 Å². The molecule has 0 aliphatic heterocycles. The van der Waals surface area contributed by atoms with Gasteiger partial charge in [-0.3, -0.25) is 4.79 Å². The van der Waals surface area contributed by atoms with Crippen LogP contribution in [0.25, 0.3) is 10.6 Å². The van der Waals surface area contributed by atoms with Crippen LogP contribution in [0.1, 0.15) is 24.4 Å². The minimum atomic E-state index is -0.104. The molecule has 5 nitrogen and oxygen atoms in total. The Bertz CT molecular complexity index is 804. The third-order valence-electron chi connectivity index (χ3n) is 3.91. The normalized spacial score (nSPS) is 11.9. The molecule has 1 aromatic carbocycles. The molecule has 24 heavy (non-hydrogen) atoms. The summed E-state index contributed by atoms with van der Waals surface area (Å²) >= 11 is 1.56. The molecule has 0 aliphatic carbocycles. The summed E-state index contributed by atoms with van der Waals surface area (Å²) < 4.78 is 0. The maximum Gasteiger partial charge on any atom is 0.228 e. The van der Waals surface area contributed by atoms with Gasteiger partial charge in [-0.25, -0.2) is 15.0 Å². The Morgan fingerprint density at radius 2 is 2.04 bits per heavy atom. The van der Waals surface area contributed by atoms with Crippen LogP contribution in [0.3, 0.4) is 0 Å². The summed E-state index contributed by atoms with van der Waals surface area (Å²) in [5, 5.41) is 2.88. The van der Waals surface area contributed by atoms with Gasteiger partial charge in [0.05, 0.1) is 23.9 Å². The highest BCUT2D eigenvalue weighted by atomic mass is 32.1. The van der Waals surface area contributed by atoms with Crippen molar-refractivity contribution in [1.82, 2.24) is 19.9 Å². The van der Waals surface area contributed by atoms with Crippen molar-refractivity contribution in [3.63, 3.8) is 0 Å². The lowest BCUT2D eigenvalue weighted by Gasteiger charge is -2.24. The topological polar surface area (TPSA) is 59.0 Å². The van der Waals surface area contributed by atoms with Crippen molar-refractivity contribution in [3.05, 3.63) is 65.7 Å². The molecule has 2 aromatic heterocycles. The average Bonchev–Trinajstić information content (AvgIpc) is 3.10. The third kappa shape index (κ3) is 3.65. The van der Waals surface area contributed by atoms with Gasteiger partial charge >= 0.3 is 0 Å². The Morgan fingerprint density at radius 3 is 2.75 bits per heavy atom. The largest absolute Gasteiger partial charge is 0.337 e. The smallest absolute Gasteiger partial charge is 0.228 e. The Balaban J connectivity index is 1.68. The zero-order valence-corrected chi connectivity index (χ0v) is 14.4. The number of carbonyl (C=O) groups excluding carboxylic acids is 1. The molecule has 2 heterocycles. The first kappa shape index (κ1) is 16.3. The summed E-state index contributed by atoms with van der Waals surface area (Å²) in [5.74, 6) is 0.0195. The van der Waals surface area contributed by atoms with Gasteiger partial charge < -0.3 is 4.90 Å². The molecule has 122 valence electrons. The second-order valence-electron chi connectivity index (χ2n) is 5.50. The Hall–Kier alpha value is -2.60. The summed E-state index contributed by atoms with van der Waals surface area (Å²) in [5.41, 5.74) is 2.69. The molecule has 0 bridgehead atoms. The molecule has 0 fully saturated rings.